The first-order valence-electron chi connectivity index (χ1n) is 6.17. The fourth-order valence-electron chi connectivity index (χ4n) is 1.41. The third-order valence-electron chi connectivity index (χ3n) is 2.57. The van der Waals surface area contributed by atoms with Gasteiger partial charge in [0.2, 0.25) is 0 Å². The van der Waals surface area contributed by atoms with E-state index in [1.54, 1.807) is 13.8 Å². The number of amides is 2. The van der Waals surface area contributed by atoms with Crippen LogP contribution in [0, 0.1) is 6.92 Å². The second-order valence-electron chi connectivity index (χ2n) is 4.17. The first-order valence-corrected chi connectivity index (χ1v) is 8.80. The zero-order chi connectivity index (χ0) is 16.0. The van der Waals surface area contributed by atoms with Crippen LogP contribution >= 0.6 is 11.3 Å². The smallest absolute Gasteiger partial charge is 0.347 e. The summed E-state index contributed by atoms with van der Waals surface area (Å²) >= 11 is 0.992. The zero-order valence-electron chi connectivity index (χ0n) is 11.7. The summed E-state index contributed by atoms with van der Waals surface area (Å²) in [7, 11) is -3.11. The van der Waals surface area contributed by atoms with Crippen molar-refractivity contribution in [1.29, 1.82) is 0 Å². The summed E-state index contributed by atoms with van der Waals surface area (Å²) < 4.78 is 22.5. The van der Waals surface area contributed by atoms with Crippen molar-refractivity contribution in [1.82, 2.24) is 15.6 Å². The molecule has 3 N–H and O–H groups in total. The van der Waals surface area contributed by atoms with E-state index < -0.39 is 21.8 Å². The van der Waals surface area contributed by atoms with E-state index in [0.717, 1.165) is 11.3 Å². The number of aryl methyl sites for hydroxylation is 1. The normalized spacial score (nSPS) is 11.1. The van der Waals surface area contributed by atoms with Crippen LogP contribution in [0.5, 0.6) is 0 Å². The van der Waals surface area contributed by atoms with Gasteiger partial charge in [0.15, 0.2) is 9.84 Å². The number of thiazole rings is 1. The predicted octanol–water partition coefficient (Wildman–Crippen LogP) is 0.384. The molecule has 0 fully saturated rings. The van der Waals surface area contributed by atoms with Crippen LogP contribution in [0.2, 0.25) is 0 Å². The molecular weight excluding hydrogens is 318 g/mol. The van der Waals surface area contributed by atoms with Gasteiger partial charge in [-0.15, -0.1) is 11.3 Å². The molecular formula is C11H17N3O5S2. The topological polar surface area (TPSA) is 125 Å². The summed E-state index contributed by atoms with van der Waals surface area (Å²) in [5, 5.41) is 14.3. The van der Waals surface area contributed by atoms with Gasteiger partial charge in [0.25, 0.3) is 0 Å². The molecule has 0 bridgehead atoms. The lowest BCUT2D eigenvalue weighted by Crippen LogP contribution is -2.37. The second kappa shape index (κ2) is 7.36. The fourth-order valence-corrected chi connectivity index (χ4v) is 2.95. The molecule has 1 rings (SSSR count). The number of carboxylic acids is 1. The maximum Gasteiger partial charge on any atom is 0.347 e. The number of aromatic carboxylic acids is 1. The molecule has 0 radical (unpaired) electrons. The molecule has 0 aliphatic carbocycles. The van der Waals surface area contributed by atoms with Gasteiger partial charge in [-0.1, -0.05) is 6.92 Å². The van der Waals surface area contributed by atoms with Gasteiger partial charge in [-0.05, 0) is 6.92 Å². The van der Waals surface area contributed by atoms with Gasteiger partial charge in [0.05, 0.1) is 18.0 Å². The van der Waals surface area contributed by atoms with Crippen LogP contribution in [0.4, 0.5) is 4.79 Å². The molecule has 2 amide bonds. The summed E-state index contributed by atoms with van der Waals surface area (Å²) in [5.41, 5.74) is 0.402. The summed E-state index contributed by atoms with van der Waals surface area (Å²) in [6.45, 7) is 3.24. The molecule has 0 unspecified atom stereocenters. The Hall–Kier alpha value is -1.68. The number of urea groups is 1. The minimum Gasteiger partial charge on any atom is -0.477 e. The third-order valence-corrected chi connectivity index (χ3v) is 5.42. The van der Waals surface area contributed by atoms with Crippen LogP contribution in [-0.2, 0) is 16.4 Å². The van der Waals surface area contributed by atoms with Crippen molar-refractivity contribution in [3.63, 3.8) is 0 Å². The van der Waals surface area contributed by atoms with Crippen LogP contribution < -0.4 is 10.6 Å². The number of aromatic nitrogens is 1. The Kier molecular flexibility index (Phi) is 6.09. The van der Waals surface area contributed by atoms with Crippen molar-refractivity contribution in [2.24, 2.45) is 0 Å². The van der Waals surface area contributed by atoms with Crippen LogP contribution in [0.15, 0.2) is 0 Å². The highest BCUT2D eigenvalue weighted by Gasteiger charge is 2.14. The third kappa shape index (κ3) is 5.68. The lowest BCUT2D eigenvalue weighted by molar-refractivity contribution is 0.0701. The first kappa shape index (κ1) is 17.4. The Morgan fingerprint density at radius 3 is 2.52 bits per heavy atom. The number of hydrogen-bond donors (Lipinski definition) is 3. The maximum absolute atomic E-state index is 11.5. The molecule has 1 aromatic rings. The van der Waals surface area contributed by atoms with Crippen LogP contribution in [0.1, 0.15) is 27.3 Å². The predicted molar refractivity (Wildman–Crippen MR) is 78.4 cm³/mol. The Balaban J connectivity index is 2.40. The van der Waals surface area contributed by atoms with E-state index in [1.165, 1.54) is 0 Å². The molecule has 0 spiro atoms. The van der Waals surface area contributed by atoms with E-state index in [4.69, 9.17) is 5.11 Å². The minimum atomic E-state index is -3.11. The SMILES string of the molecule is CCS(=O)(=O)CCNC(=O)NCc1nc(C)c(C(=O)O)s1. The number of carbonyl (C=O) groups excluding carboxylic acids is 1. The van der Waals surface area contributed by atoms with Gasteiger partial charge in [-0.2, -0.15) is 0 Å². The summed E-state index contributed by atoms with van der Waals surface area (Å²) in [6.07, 6.45) is 0. The molecule has 0 saturated carbocycles. The molecule has 1 aromatic heterocycles. The average Bonchev–Trinajstić information content (AvgIpc) is 2.77. The highest BCUT2D eigenvalue weighted by molar-refractivity contribution is 7.91. The number of hydrogen-bond acceptors (Lipinski definition) is 6. The zero-order valence-corrected chi connectivity index (χ0v) is 13.3. The van der Waals surface area contributed by atoms with Crippen LogP contribution in [0.25, 0.3) is 0 Å². The number of carboxylic acid groups (broad SMARTS) is 1. The van der Waals surface area contributed by atoms with Crippen molar-refractivity contribution in [3.8, 4) is 0 Å². The molecule has 10 heteroatoms. The Bertz CT molecular complexity index is 624. The van der Waals surface area contributed by atoms with E-state index >= 15 is 0 Å². The molecule has 0 saturated heterocycles. The standard InChI is InChI=1S/C11H17N3O5S2/c1-3-21(18,19)5-4-12-11(17)13-6-8-14-7(2)9(20-8)10(15)16/h3-6H2,1-2H3,(H,15,16)(H2,12,13,17). The van der Waals surface area contributed by atoms with E-state index in [2.05, 4.69) is 15.6 Å². The number of rotatable bonds is 7. The Labute approximate surface area is 126 Å². The van der Waals surface area contributed by atoms with Gasteiger partial charge in [0.1, 0.15) is 9.88 Å². The van der Waals surface area contributed by atoms with Crippen molar-refractivity contribution in [2.45, 2.75) is 20.4 Å². The summed E-state index contributed by atoms with van der Waals surface area (Å²) in [5.74, 6) is -1.13. The molecule has 8 nitrogen and oxygen atoms in total. The lowest BCUT2D eigenvalue weighted by atomic mass is 10.4. The van der Waals surface area contributed by atoms with E-state index in [-0.39, 0.29) is 29.5 Å². The van der Waals surface area contributed by atoms with Crippen LogP contribution in [-0.4, -0.2) is 48.6 Å². The first-order chi connectivity index (χ1) is 9.75. The number of carbonyl (C=O) groups is 2. The van der Waals surface area contributed by atoms with Crippen molar-refractivity contribution in [2.75, 3.05) is 18.1 Å². The summed E-state index contributed by atoms with van der Waals surface area (Å²) in [4.78, 5) is 26.5. The molecule has 21 heavy (non-hydrogen) atoms. The number of sulfone groups is 1. The van der Waals surface area contributed by atoms with Crippen molar-refractivity contribution < 1.29 is 23.1 Å². The lowest BCUT2D eigenvalue weighted by Gasteiger charge is -2.06. The fraction of sp³-hybridized carbons (Fsp3) is 0.545. The van der Waals surface area contributed by atoms with E-state index in [1.807, 2.05) is 0 Å². The van der Waals surface area contributed by atoms with Crippen molar-refractivity contribution >= 4 is 33.2 Å². The Morgan fingerprint density at radius 1 is 1.33 bits per heavy atom. The minimum absolute atomic E-state index is 0.0271. The van der Waals surface area contributed by atoms with E-state index in [0.29, 0.717) is 10.7 Å². The molecule has 0 atom stereocenters. The quantitative estimate of drug-likeness (QED) is 0.661. The van der Waals surface area contributed by atoms with Gasteiger partial charge in [-0.25, -0.2) is 23.0 Å². The van der Waals surface area contributed by atoms with Gasteiger partial charge >= 0.3 is 12.0 Å². The van der Waals surface area contributed by atoms with E-state index in [9.17, 15) is 18.0 Å². The van der Waals surface area contributed by atoms with Gasteiger partial charge in [0, 0.05) is 12.3 Å². The highest BCUT2D eigenvalue weighted by atomic mass is 32.2. The second-order valence-corrected chi connectivity index (χ2v) is 7.73. The maximum atomic E-state index is 11.5. The highest BCUT2D eigenvalue weighted by Crippen LogP contribution is 2.17. The van der Waals surface area contributed by atoms with Gasteiger partial charge < -0.3 is 15.7 Å². The molecule has 1 heterocycles. The average molecular weight is 335 g/mol. The van der Waals surface area contributed by atoms with Gasteiger partial charge in [-0.3, -0.25) is 0 Å². The Morgan fingerprint density at radius 2 is 2.00 bits per heavy atom. The van der Waals surface area contributed by atoms with Crippen LogP contribution in [0.3, 0.4) is 0 Å². The van der Waals surface area contributed by atoms with Crippen molar-refractivity contribution in [3.05, 3.63) is 15.6 Å². The summed E-state index contributed by atoms with van der Waals surface area (Å²) in [6, 6.07) is -0.522. The molecule has 118 valence electrons. The molecule has 0 aromatic carbocycles. The largest absolute Gasteiger partial charge is 0.477 e. The number of nitrogens with zero attached hydrogens (tertiary/aromatic N) is 1. The number of nitrogens with one attached hydrogen (secondary N) is 2. The molecule has 0 aliphatic heterocycles. The molecule has 0 aliphatic rings. The monoisotopic (exact) mass is 335 g/mol.